The fourth-order valence-corrected chi connectivity index (χ4v) is 4.00. The average molecular weight is 390 g/mol. The highest BCUT2D eigenvalue weighted by Gasteiger charge is 2.25. The maximum absolute atomic E-state index is 12.9. The van der Waals surface area contributed by atoms with Crippen molar-refractivity contribution in [3.05, 3.63) is 83.2 Å². The SMILES string of the molecule is COc1cccc(Cc2cc(C(=O)N3CCCC(c4ccccc4)CC3)on2)c1. The molecular weight excluding hydrogens is 364 g/mol. The van der Waals surface area contributed by atoms with Gasteiger partial charge in [0.15, 0.2) is 0 Å². The molecule has 1 unspecified atom stereocenters. The summed E-state index contributed by atoms with van der Waals surface area (Å²) in [7, 11) is 1.65. The molecule has 150 valence electrons. The first-order valence-electron chi connectivity index (χ1n) is 10.2. The predicted octanol–water partition coefficient (Wildman–Crippen LogP) is 4.68. The highest BCUT2D eigenvalue weighted by Crippen LogP contribution is 2.28. The Labute approximate surface area is 171 Å². The fraction of sp³-hybridized carbons (Fsp3) is 0.333. The van der Waals surface area contributed by atoms with E-state index >= 15 is 0 Å². The standard InChI is InChI=1S/C24H26N2O3/c1-28-22-11-5-7-18(16-22)15-21-17-23(29-25-21)24(27)26-13-6-10-20(12-14-26)19-8-3-2-4-9-19/h2-5,7-9,11,16-17,20H,6,10,12-15H2,1H3. The van der Waals surface area contributed by atoms with Crippen LogP contribution < -0.4 is 4.74 Å². The lowest BCUT2D eigenvalue weighted by Gasteiger charge is -2.19. The average Bonchev–Trinajstić information content (AvgIpc) is 3.08. The van der Waals surface area contributed by atoms with Gasteiger partial charge in [0.05, 0.1) is 12.8 Å². The molecule has 0 N–H and O–H groups in total. The molecule has 0 spiro atoms. The van der Waals surface area contributed by atoms with E-state index in [4.69, 9.17) is 9.26 Å². The number of aromatic nitrogens is 1. The molecule has 0 saturated carbocycles. The fourth-order valence-electron chi connectivity index (χ4n) is 4.00. The van der Waals surface area contributed by atoms with E-state index in [9.17, 15) is 4.79 Å². The Kier molecular flexibility index (Phi) is 5.94. The van der Waals surface area contributed by atoms with Gasteiger partial charge in [-0.1, -0.05) is 47.6 Å². The molecule has 2 aromatic carbocycles. The first-order chi connectivity index (χ1) is 14.2. The van der Waals surface area contributed by atoms with E-state index in [1.165, 1.54) is 5.56 Å². The smallest absolute Gasteiger partial charge is 0.292 e. The van der Waals surface area contributed by atoms with Crippen LogP contribution in [-0.4, -0.2) is 36.2 Å². The number of hydrogen-bond acceptors (Lipinski definition) is 4. The number of amides is 1. The molecule has 2 heterocycles. The third-order valence-corrected chi connectivity index (χ3v) is 5.58. The van der Waals surface area contributed by atoms with Crippen molar-refractivity contribution in [3.63, 3.8) is 0 Å². The number of carbonyl (C=O) groups excluding carboxylic acids is 1. The van der Waals surface area contributed by atoms with Crippen LogP contribution in [0.3, 0.4) is 0 Å². The number of ether oxygens (including phenoxy) is 1. The molecule has 1 saturated heterocycles. The summed E-state index contributed by atoms with van der Waals surface area (Å²) in [4.78, 5) is 14.8. The molecule has 1 amide bonds. The number of rotatable bonds is 5. The van der Waals surface area contributed by atoms with Crippen LogP contribution in [0.1, 0.15) is 52.6 Å². The van der Waals surface area contributed by atoms with Gasteiger partial charge in [0.25, 0.3) is 5.91 Å². The number of likely N-dealkylation sites (tertiary alicyclic amines) is 1. The van der Waals surface area contributed by atoms with Crippen LogP contribution in [-0.2, 0) is 6.42 Å². The highest BCUT2D eigenvalue weighted by molar-refractivity contribution is 5.91. The summed E-state index contributed by atoms with van der Waals surface area (Å²) >= 11 is 0. The van der Waals surface area contributed by atoms with Gasteiger partial charge in [-0.2, -0.15) is 0 Å². The number of benzene rings is 2. The normalized spacial score (nSPS) is 17.0. The Morgan fingerprint density at radius 1 is 1.10 bits per heavy atom. The zero-order valence-electron chi connectivity index (χ0n) is 16.7. The molecule has 1 fully saturated rings. The highest BCUT2D eigenvalue weighted by atomic mass is 16.5. The molecule has 0 aliphatic carbocycles. The largest absolute Gasteiger partial charge is 0.497 e. The zero-order chi connectivity index (χ0) is 20.1. The van der Waals surface area contributed by atoms with Crippen molar-refractivity contribution in [2.24, 2.45) is 0 Å². The Morgan fingerprint density at radius 2 is 1.97 bits per heavy atom. The monoisotopic (exact) mass is 390 g/mol. The molecule has 4 rings (SSSR count). The van der Waals surface area contributed by atoms with E-state index in [1.807, 2.05) is 35.2 Å². The maximum atomic E-state index is 12.9. The van der Waals surface area contributed by atoms with E-state index in [0.29, 0.717) is 18.1 Å². The summed E-state index contributed by atoms with van der Waals surface area (Å²) in [5.74, 6) is 1.57. The van der Waals surface area contributed by atoms with Crippen LogP contribution in [0.5, 0.6) is 5.75 Å². The van der Waals surface area contributed by atoms with Gasteiger partial charge in [0.2, 0.25) is 5.76 Å². The summed E-state index contributed by atoms with van der Waals surface area (Å²) < 4.78 is 10.7. The van der Waals surface area contributed by atoms with Gasteiger partial charge in [0.1, 0.15) is 5.75 Å². The first-order valence-corrected chi connectivity index (χ1v) is 10.2. The van der Waals surface area contributed by atoms with E-state index in [-0.39, 0.29) is 5.91 Å². The molecule has 5 heteroatoms. The molecular formula is C24H26N2O3. The quantitative estimate of drug-likeness (QED) is 0.634. The van der Waals surface area contributed by atoms with Gasteiger partial charge in [-0.15, -0.1) is 0 Å². The minimum absolute atomic E-state index is 0.0666. The Hall–Kier alpha value is -3.08. The minimum atomic E-state index is -0.0666. The molecule has 3 aromatic rings. The van der Waals surface area contributed by atoms with Gasteiger partial charge in [-0.05, 0) is 48.4 Å². The minimum Gasteiger partial charge on any atom is -0.497 e. The van der Waals surface area contributed by atoms with E-state index < -0.39 is 0 Å². The van der Waals surface area contributed by atoms with Crippen LogP contribution >= 0.6 is 0 Å². The lowest BCUT2D eigenvalue weighted by molar-refractivity contribution is 0.0719. The van der Waals surface area contributed by atoms with Gasteiger partial charge in [-0.25, -0.2) is 0 Å². The topological polar surface area (TPSA) is 55.6 Å². The Morgan fingerprint density at radius 3 is 2.79 bits per heavy atom. The second-order valence-corrected chi connectivity index (χ2v) is 7.54. The third kappa shape index (κ3) is 4.67. The number of nitrogens with zero attached hydrogens (tertiary/aromatic N) is 2. The van der Waals surface area contributed by atoms with Crippen molar-refractivity contribution in [1.82, 2.24) is 10.1 Å². The van der Waals surface area contributed by atoms with E-state index in [1.54, 1.807) is 13.2 Å². The summed E-state index contributed by atoms with van der Waals surface area (Å²) in [5.41, 5.74) is 3.18. The third-order valence-electron chi connectivity index (χ3n) is 5.58. The zero-order valence-corrected chi connectivity index (χ0v) is 16.7. The van der Waals surface area contributed by atoms with E-state index in [0.717, 1.165) is 49.4 Å². The molecule has 5 nitrogen and oxygen atoms in total. The van der Waals surface area contributed by atoms with Crippen molar-refractivity contribution in [2.45, 2.75) is 31.6 Å². The molecule has 1 aliphatic rings. The van der Waals surface area contributed by atoms with Gasteiger partial charge >= 0.3 is 0 Å². The second kappa shape index (κ2) is 8.95. The summed E-state index contributed by atoms with van der Waals surface area (Å²) in [6.45, 7) is 1.50. The Bertz CT molecular complexity index is 952. The number of hydrogen-bond donors (Lipinski definition) is 0. The lowest BCUT2D eigenvalue weighted by atomic mass is 9.92. The van der Waals surface area contributed by atoms with Crippen molar-refractivity contribution < 1.29 is 14.1 Å². The second-order valence-electron chi connectivity index (χ2n) is 7.54. The van der Waals surface area contributed by atoms with Crippen LogP contribution in [0, 0.1) is 0 Å². The van der Waals surface area contributed by atoms with Crippen molar-refractivity contribution in [1.29, 1.82) is 0 Å². The van der Waals surface area contributed by atoms with Crippen molar-refractivity contribution in [3.8, 4) is 5.75 Å². The number of methoxy groups -OCH3 is 1. The van der Waals surface area contributed by atoms with Gasteiger partial charge in [-0.3, -0.25) is 4.79 Å². The molecule has 1 aliphatic heterocycles. The van der Waals surface area contributed by atoms with Crippen LogP contribution in [0.2, 0.25) is 0 Å². The molecule has 0 bridgehead atoms. The van der Waals surface area contributed by atoms with Gasteiger partial charge < -0.3 is 14.2 Å². The Balaban J connectivity index is 1.39. The van der Waals surface area contributed by atoms with Crippen LogP contribution in [0.15, 0.2) is 65.2 Å². The van der Waals surface area contributed by atoms with Gasteiger partial charge in [0, 0.05) is 25.6 Å². The summed E-state index contributed by atoms with van der Waals surface area (Å²) in [6, 6.07) is 20.2. The molecule has 1 aromatic heterocycles. The lowest BCUT2D eigenvalue weighted by Crippen LogP contribution is -2.31. The van der Waals surface area contributed by atoms with Crippen LogP contribution in [0.4, 0.5) is 0 Å². The molecule has 1 atom stereocenters. The van der Waals surface area contributed by atoms with Crippen LogP contribution in [0.25, 0.3) is 0 Å². The number of carbonyl (C=O) groups is 1. The van der Waals surface area contributed by atoms with Crippen molar-refractivity contribution in [2.75, 3.05) is 20.2 Å². The first kappa shape index (κ1) is 19.2. The van der Waals surface area contributed by atoms with E-state index in [2.05, 4.69) is 29.4 Å². The van der Waals surface area contributed by atoms with Crippen molar-refractivity contribution >= 4 is 5.91 Å². The maximum Gasteiger partial charge on any atom is 0.292 e. The molecule has 29 heavy (non-hydrogen) atoms. The summed E-state index contributed by atoms with van der Waals surface area (Å²) in [6.07, 6.45) is 3.67. The summed E-state index contributed by atoms with van der Waals surface area (Å²) in [5, 5.41) is 4.11. The predicted molar refractivity (Wildman–Crippen MR) is 111 cm³/mol. The molecule has 0 radical (unpaired) electrons.